The number of benzene rings is 1. The van der Waals surface area contributed by atoms with Crippen LogP contribution < -0.4 is 10.5 Å². The van der Waals surface area contributed by atoms with Crippen molar-refractivity contribution in [3.05, 3.63) is 29.8 Å². The smallest absolute Gasteiger partial charge is 0.240 e. The Kier molecular flexibility index (Phi) is 6.13. The van der Waals surface area contributed by atoms with Crippen LogP contribution in [0.5, 0.6) is 0 Å². The van der Waals surface area contributed by atoms with E-state index in [4.69, 9.17) is 10.5 Å². The average Bonchev–Trinajstić information content (AvgIpc) is 2.49. The molecule has 0 aliphatic carbocycles. The summed E-state index contributed by atoms with van der Waals surface area (Å²) >= 11 is 0. The second-order valence-corrected chi connectivity index (χ2v) is 6.80. The molecule has 0 atom stereocenters. The van der Waals surface area contributed by atoms with E-state index >= 15 is 0 Å². The summed E-state index contributed by atoms with van der Waals surface area (Å²) < 4.78 is 32.2. The van der Waals surface area contributed by atoms with Crippen LogP contribution in [0, 0.1) is 0 Å². The van der Waals surface area contributed by atoms with Gasteiger partial charge >= 0.3 is 0 Å². The molecule has 0 bridgehead atoms. The number of nitrogens with zero attached hydrogens (tertiary/aromatic N) is 1. The van der Waals surface area contributed by atoms with Gasteiger partial charge in [-0.2, -0.15) is 0 Å². The maximum atomic E-state index is 12.2. The van der Waals surface area contributed by atoms with E-state index in [1.54, 1.807) is 12.1 Å². The van der Waals surface area contributed by atoms with Crippen LogP contribution in [-0.2, 0) is 21.2 Å². The number of hydrogen-bond acceptors (Lipinski definition) is 5. The lowest BCUT2D eigenvalue weighted by Crippen LogP contribution is -2.41. The van der Waals surface area contributed by atoms with E-state index < -0.39 is 10.0 Å². The van der Waals surface area contributed by atoms with Crippen LogP contribution in [0.3, 0.4) is 0 Å². The van der Waals surface area contributed by atoms with Crippen LogP contribution >= 0.6 is 0 Å². The average molecular weight is 313 g/mol. The fraction of sp³-hybridized carbons (Fsp3) is 0.571. The third-order valence-electron chi connectivity index (χ3n) is 3.49. The van der Waals surface area contributed by atoms with Gasteiger partial charge in [0.25, 0.3) is 0 Å². The number of hydrogen-bond donors (Lipinski definition) is 2. The van der Waals surface area contributed by atoms with Crippen LogP contribution in [0.2, 0.25) is 0 Å². The molecule has 1 saturated heterocycles. The molecule has 21 heavy (non-hydrogen) atoms. The first-order chi connectivity index (χ1) is 10.1. The molecule has 0 saturated carbocycles. The summed E-state index contributed by atoms with van der Waals surface area (Å²) in [4.78, 5) is 2.49. The van der Waals surface area contributed by atoms with Gasteiger partial charge in [-0.1, -0.05) is 12.1 Å². The van der Waals surface area contributed by atoms with Crippen LogP contribution in [-0.4, -0.2) is 59.3 Å². The number of nitrogens with two attached hydrogens (primary N) is 1. The van der Waals surface area contributed by atoms with E-state index in [0.717, 1.165) is 38.3 Å². The summed E-state index contributed by atoms with van der Waals surface area (Å²) in [6, 6.07) is 6.87. The molecular formula is C14H23N3O3S. The van der Waals surface area contributed by atoms with Crippen LogP contribution in [0.25, 0.3) is 0 Å². The number of morpholine rings is 1. The lowest BCUT2D eigenvalue weighted by atomic mass is 10.2. The predicted octanol–water partition coefficient (Wildman–Crippen LogP) is -0.202. The van der Waals surface area contributed by atoms with Gasteiger partial charge in [0.1, 0.15) is 0 Å². The monoisotopic (exact) mass is 313 g/mol. The second kappa shape index (κ2) is 7.86. The van der Waals surface area contributed by atoms with Crippen molar-refractivity contribution in [2.75, 3.05) is 45.9 Å². The van der Waals surface area contributed by atoms with Crippen molar-refractivity contribution in [3.63, 3.8) is 0 Å². The van der Waals surface area contributed by atoms with Crippen molar-refractivity contribution in [3.8, 4) is 0 Å². The van der Waals surface area contributed by atoms with Gasteiger partial charge in [0.2, 0.25) is 10.0 Å². The summed E-state index contributed by atoms with van der Waals surface area (Å²) in [5.41, 5.74) is 6.52. The molecule has 0 radical (unpaired) electrons. The fourth-order valence-electron chi connectivity index (χ4n) is 2.25. The molecule has 6 nitrogen and oxygen atoms in total. The maximum absolute atomic E-state index is 12.2. The van der Waals surface area contributed by atoms with Crippen molar-refractivity contribution in [2.24, 2.45) is 5.73 Å². The van der Waals surface area contributed by atoms with Crippen molar-refractivity contribution in [2.45, 2.75) is 11.3 Å². The molecule has 1 aromatic carbocycles. The van der Waals surface area contributed by atoms with E-state index in [0.29, 0.717) is 24.5 Å². The summed E-state index contributed by atoms with van der Waals surface area (Å²) in [7, 11) is -3.43. The van der Waals surface area contributed by atoms with E-state index in [1.165, 1.54) is 0 Å². The number of rotatable bonds is 7. The van der Waals surface area contributed by atoms with E-state index in [2.05, 4.69) is 9.62 Å². The highest BCUT2D eigenvalue weighted by Crippen LogP contribution is 2.10. The lowest BCUT2D eigenvalue weighted by molar-refractivity contribution is 0.0390. The molecule has 118 valence electrons. The van der Waals surface area contributed by atoms with Gasteiger partial charge in [-0.3, -0.25) is 4.90 Å². The molecule has 1 heterocycles. The summed E-state index contributed by atoms with van der Waals surface area (Å²) in [5.74, 6) is 0. The Bertz CT molecular complexity index is 525. The van der Waals surface area contributed by atoms with Gasteiger partial charge in [-0.15, -0.1) is 0 Å². The number of ether oxygens (including phenoxy) is 1. The minimum Gasteiger partial charge on any atom is -0.379 e. The Balaban J connectivity index is 1.85. The zero-order valence-electron chi connectivity index (χ0n) is 12.1. The lowest BCUT2D eigenvalue weighted by Gasteiger charge is -2.26. The quantitative estimate of drug-likeness (QED) is 0.728. The number of sulfonamides is 1. The fourth-order valence-corrected chi connectivity index (χ4v) is 3.27. The summed E-state index contributed by atoms with van der Waals surface area (Å²) in [6.45, 7) is 4.82. The third kappa shape index (κ3) is 5.05. The number of nitrogens with one attached hydrogen (secondary N) is 1. The minimum atomic E-state index is -3.43. The van der Waals surface area contributed by atoms with Crippen LogP contribution in [0.4, 0.5) is 0 Å². The molecule has 1 fully saturated rings. The summed E-state index contributed by atoms with van der Waals surface area (Å²) in [5, 5.41) is 0. The first-order valence-corrected chi connectivity index (χ1v) is 8.69. The standard InChI is InChI=1S/C14H23N3O3S/c15-6-5-13-1-3-14(4-2-13)21(18,19)16-7-8-17-9-11-20-12-10-17/h1-4,16H,5-12,15H2. The Morgan fingerprint density at radius 3 is 2.48 bits per heavy atom. The molecule has 1 aliphatic rings. The molecule has 2 rings (SSSR count). The Hall–Kier alpha value is -0.990. The van der Waals surface area contributed by atoms with Gasteiger partial charge in [0.05, 0.1) is 18.1 Å². The molecule has 0 aromatic heterocycles. The largest absolute Gasteiger partial charge is 0.379 e. The molecule has 3 N–H and O–H groups in total. The first kappa shape index (κ1) is 16.4. The highest BCUT2D eigenvalue weighted by Gasteiger charge is 2.15. The zero-order chi connectivity index (χ0) is 15.1. The third-order valence-corrected chi connectivity index (χ3v) is 4.97. The van der Waals surface area contributed by atoms with Crippen molar-refractivity contribution in [1.29, 1.82) is 0 Å². The molecule has 1 aromatic rings. The maximum Gasteiger partial charge on any atom is 0.240 e. The van der Waals surface area contributed by atoms with Crippen molar-refractivity contribution in [1.82, 2.24) is 9.62 Å². The Morgan fingerprint density at radius 1 is 1.19 bits per heavy atom. The van der Waals surface area contributed by atoms with E-state index in [9.17, 15) is 8.42 Å². The summed E-state index contributed by atoms with van der Waals surface area (Å²) in [6.07, 6.45) is 0.755. The molecule has 0 amide bonds. The molecule has 0 spiro atoms. The van der Waals surface area contributed by atoms with Gasteiger partial charge in [-0.05, 0) is 30.7 Å². The second-order valence-electron chi connectivity index (χ2n) is 5.03. The van der Waals surface area contributed by atoms with E-state index in [-0.39, 0.29) is 0 Å². The molecule has 7 heteroatoms. The predicted molar refractivity (Wildman–Crippen MR) is 81.6 cm³/mol. The van der Waals surface area contributed by atoms with Crippen molar-refractivity contribution < 1.29 is 13.2 Å². The van der Waals surface area contributed by atoms with Gasteiger partial charge in [-0.25, -0.2) is 13.1 Å². The highest BCUT2D eigenvalue weighted by atomic mass is 32.2. The molecule has 1 aliphatic heterocycles. The van der Waals surface area contributed by atoms with Gasteiger partial charge in [0.15, 0.2) is 0 Å². The zero-order valence-corrected chi connectivity index (χ0v) is 12.9. The van der Waals surface area contributed by atoms with E-state index in [1.807, 2.05) is 12.1 Å². The minimum absolute atomic E-state index is 0.297. The first-order valence-electron chi connectivity index (χ1n) is 7.20. The Morgan fingerprint density at radius 2 is 1.86 bits per heavy atom. The highest BCUT2D eigenvalue weighted by molar-refractivity contribution is 7.89. The normalized spacial score (nSPS) is 17.0. The Labute approximate surface area is 126 Å². The SMILES string of the molecule is NCCc1ccc(S(=O)(=O)NCCN2CCOCC2)cc1. The molecule has 0 unspecified atom stereocenters. The van der Waals surface area contributed by atoms with Crippen LogP contribution in [0.1, 0.15) is 5.56 Å². The van der Waals surface area contributed by atoms with Crippen LogP contribution in [0.15, 0.2) is 29.2 Å². The van der Waals surface area contributed by atoms with Gasteiger partial charge in [0, 0.05) is 26.2 Å². The topological polar surface area (TPSA) is 84.7 Å². The molecular weight excluding hydrogens is 290 g/mol. The van der Waals surface area contributed by atoms with Gasteiger partial charge < -0.3 is 10.5 Å². The van der Waals surface area contributed by atoms with Crippen molar-refractivity contribution >= 4 is 10.0 Å².